The van der Waals surface area contributed by atoms with Gasteiger partial charge in [-0.3, -0.25) is 18.9 Å². The minimum absolute atomic E-state index is 0.0555. The van der Waals surface area contributed by atoms with Gasteiger partial charge in [0.05, 0.1) is 11.4 Å². The van der Waals surface area contributed by atoms with E-state index < -0.39 is 39.6 Å². The number of aliphatic hydroxyl groups excluding tert-OH is 1. The van der Waals surface area contributed by atoms with E-state index in [2.05, 4.69) is 4.98 Å². The Kier molecular flexibility index (Phi) is 4.93. The fourth-order valence-electron chi connectivity index (χ4n) is 3.23. The van der Waals surface area contributed by atoms with Crippen molar-refractivity contribution in [3.05, 3.63) is 102 Å². The number of allylic oxidation sites excluding steroid dienone is 1. The Morgan fingerprint density at radius 3 is 2.30 bits per heavy atom. The first-order valence-electron chi connectivity index (χ1n) is 8.99. The molecule has 1 aromatic heterocycles. The number of fused-ring (bicyclic) bond motifs is 1. The minimum Gasteiger partial charge on any atom is -0.505 e. The predicted molar refractivity (Wildman–Crippen MR) is 109 cm³/mol. The quantitative estimate of drug-likeness (QED) is 0.395. The van der Waals surface area contributed by atoms with Crippen LogP contribution in [0, 0.1) is 0 Å². The lowest BCUT2D eigenvalue weighted by atomic mass is 10.0. The van der Waals surface area contributed by atoms with Crippen molar-refractivity contribution < 1.29 is 23.1 Å². The first-order chi connectivity index (χ1) is 14.4. The zero-order chi connectivity index (χ0) is 21.3. The predicted octanol–water partition coefficient (Wildman–Crippen LogP) is 3.08. The lowest BCUT2D eigenvalue weighted by Gasteiger charge is -2.31. The molecule has 0 bridgehead atoms. The molecule has 2 aromatic carbocycles. The molecule has 4 rings (SSSR count). The molecule has 1 N–H and O–H groups in total. The van der Waals surface area contributed by atoms with Crippen molar-refractivity contribution >= 4 is 27.3 Å². The van der Waals surface area contributed by atoms with Crippen molar-refractivity contribution in [3.63, 3.8) is 0 Å². The molecule has 0 spiro atoms. The third-order valence-electron chi connectivity index (χ3n) is 4.71. The molecule has 8 heteroatoms. The van der Waals surface area contributed by atoms with Crippen LogP contribution in [0.4, 0.5) is 0 Å². The van der Waals surface area contributed by atoms with Gasteiger partial charge in [0.2, 0.25) is 5.78 Å². The number of pyridine rings is 1. The fraction of sp³-hybridized carbons (Fsp3) is 0.0455. The first-order valence-corrected chi connectivity index (χ1v) is 10.4. The van der Waals surface area contributed by atoms with Crippen LogP contribution in [0.25, 0.3) is 5.76 Å². The molecule has 0 unspecified atom stereocenters. The summed E-state index contributed by atoms with van der Waals surface area (Å²) in [5.41, 5.74) is -0.0657. The average molecular weight is 420 g/mol. The summed E-state index contributed by atoms with van der Waals surface area (Å²) >= 11 is 0. The highest BCUT2D eigenvalue weighted by Crippen LogP contribution is 2.35. The number of hydrogen-bond acceptors (Lipinski definition) is 6. The summed E-state index contributed by atoms with van der Waals surface area (Å²) in [5, 5.41) is 10.9. The first kappa shape index (κ1) is 19.5. The number of benzene rings is 2. The normalized spacial score (nSPS) is 16.7. The molecule has 30 heavy (non-hydrogen) atoms. The van der Waals surface area contributed by atoms with Crippen LogP contribution in [0.5, 0.6) is 0 Å². The molecule has 7 nitrogen and oxygen atoms in total. The summed E-state index contributed by atoms with van der Waals surface area (Å²) in [5.74, 6) is -1.75. The Morgan fingerprint density at radius 2 is 1.60 bits per heavy atom. The zero-order valence-electron chi connectivity index (χ0n) is 15.6. The van der Waals surface area contributed by atoms with Crippen LogP contribution in [0.2, 0.25) is 0 Å². The lowest BCUT2D eigenvalue weighted by Crippen LogP contribution is -2.42. The van der Waals surface area contributed by atoms with Crippen LogP contribution < -0.4 is 0 Å². The summed E-state index contributed by atoms with van der Waals surface area (Å²) in [6.07, 6.45) is 2.80. The monoisotopic (exact) mass is 420 g/mol. The van der Waals surface area contributed by atoms with E-state index in [0.717, 1.165) is 0 Å². The second-order valence-electron chi connectivity index (χ2n) is 6.57. The Balaban J connectivity index is 1.91. The molecule has 1 aliphatic heterocycles. The largest absolute Gasteiger partial charge is 0.505 e. The highest BCUT2D eigenvalue weighted by atomic mass is 32.2. The SMILES string of the molecule is O=C(CN1/C(=C(/O)c2ccccc2)C(=O)c2ccccc2S1(=O)=O)c1cccnc1. The van der Waals surface area contributed by atoms with Crippen LogP contribution in [-0.4, -0.2) is 40.9 Å². The van der Waals surface area contributed by atoms with Gasteiger partial charge in [0, 0.05) is 29.1 Å². The van der Waals surface area contributed by atoms with Gasteiger partial charge in [-0.2, -0.15) is 0 Å². The van der Waals surface area contributed by atoms with Gasteiger partial charge >= 0.3 is 0 Å². The van der Waals surface area contributed by atoms with Crippen molar-refractivity contribution in [3.8, 4) is 0 Å². The molecule has 0 amide bonds. The summed E-state index contributed by atoms with van der Waals surface area (Å²) in [7, 11) is -4.27. The highest BCUT2D eigenvalue weighted by Gasteiger charge is 2.42. The minimum atomic E-state index is -4.27. The molecule has 2 heterocycles. The van der Waals surface area contributed by atoms with Crippen LogP contribution in [0.1, 0.15) is 26.3 Å². The standard InChI is InChI=1S/C22H16N2O5S/c25-18(16-9-6-12-23-13-16)14-24-20(21(26)15-7-2-1-3-8-15)22(27)17-10-4-5-11-19(17)30(24,28)29/h1-13,26H,14H2/b21-20+. The fourth-order valence-corrected chi connectivity index (χ4v) is 4.85. The highest BCUT2D eigenvalue weighted by molar-refractivity contribution is 7.89. The number of Topliss-reactive ketones (excluding diaryl/α,β-unsaturated/α-hetero) is 2. The number of nitrogens with zero attached hydrogens (tertiary/aromatic N) is 2. The summed E-state index contributed by atoms with van der Waals surface area (Å²) in [6, 6.07) is 16.9. The van der Waals surface area contributed by atoms with Crippen molar-refractivity contribution in [2.45, 2.75) is 4.90 Å². The molecule has 1 aliphatic rings. The lowest BCUT2D eigenvalue weighted by molar-refractivity contribution is 0.0952. The zero-order valence-corrected chi connectivity index (χ0v) is 16.4. The number of rotatable bonds is 4. The van der Waals surface area contributed by atoms with E-state index >= 15 is 0 Å². The van der Waals surface area contributed by atoms with Crippen LogP contribution in [0.15, 0.2) is 89.7 Å². The molecule has 0 saturated heterocycles. The van der Waals surface area contributed by atoms with E-state index in [1.54, 1.807) is 42.5 Å². The third kappa shape index (κ3) is 3.27. The maximum atomic E-state index is 13.3. The summed E-state index contributed by atoms with van der Waals surface area (Å²) in [4.78, 5) is 29.6. The van der Waals surface area contributed by atoms with Crippen LogP contribution >= 0.6 is 0 Å². The molecular weight excluding hydrogens is 404 g/mol. The Labute approximate surface area is 173 Å². The van der Waals surface area contributed by atoms with E-state index in [0.29, 0.717) is 4.31 Å². The molecule has 0 saturated carbocycles. The maximum absolute atomic E-state index is 13.3. The second kappa shape index (κ2) is 7.57. The Hall–Kier alpha value is -3.78. The number of sulfonamides is 1. The summed E-state index contributed by atoms with van der Waals surface area (Å²) < 4.78 is 27.3. The molecular formula is C22H16N2O5S. The van der Waals surface area contributed by atoms with E-state index in [9.17, 15) is 23.1 Å². The number of ketones is 2. The third-order valence-corrected chi connectivity index (χ3v) is 6.51. The summed E-state index contributed by atoms with van der Waals surface area (Å²) in [6.45, 7) is -0.652. The second-order valence-corrected chi connectivity index (χ2v) is 8.40. The molecule has 0 radical (unpaired) electrons. The van der Waals surface area contributed by atoms with Crippen molar-refractivity contribution in [2.24, 2.45) is 0 Å². The van der Waals surface area contributed by atoms with Crippen LogP contribution in [0.3, 0.4) is 0 Å². The molecule has 0 atom stereocenters. The van der Waals surface area contributed by atoms with Crippen molar-refractivity contribution in [1.29, 1.82) is 0 Å². The van der Waals surface area contributed by atoms with Gasteiger partial charge in [-0.25, -0.2) is 8.42 Å². The maximum Gasteiger partial charge on any atom is 0.265 e. The van der Waals surface area contributed by atoms with E-state index in [1.807, 2.05) is 0 Å². The van der Waals surface area contributed by atoms with Gasteiger partial charge in [0.25, 0.3) is 10.0 Å². The van der Waals surface area contributed by atoms with Gasteiger partial charge in [-0.05, 0) is 24.3 Å². The molecule has 150 valence electrons. The number of carbonyl (C=O) groups is 2. The molecule has 0 aliphatic carbocycles. The molecule has 0 fully saturated rings. The number of aromatic nitrogens is 1. The van der Waals surface area contributed by atoms with Crippen molar-refractivity contribution in [2.75, 3.05) is 6.54 Å². The van der Waals surface area contributed by atoms with Gasteiger partial charge in [0.1, 0.15) is 5.70 Å². The van der Waals surface area contributed by atoms with Gasteiger partial charge in [0.15, 0.2) is 11.5 Å². The topological polar surface area (TPSA) is 105 Å². The smallest absolute Gasteiger partial charge is 0.265 e. The van der Waals surface area contributed by atoms with Gasteiger partial charge < -0.3 is 5.11 Å². The van der Waals surface area contributed by atoms with Crippen LogP contribution in [-0.2, 0) is 10.0 Å². The average Bonchev–Trinajstić information content (AvgIpc) is 2.78. The number of carbonyl (C=O) groups excluding carboxylic acids is 2. The van der Waals surface area contributed by atoms with E-state index in [-0.39, 0.29) is 21.6 Å². The van der Waals surface area contributed by atoms with Crippen molar-refractivity contribution in [1.82, 2.24) is 9.29 Å². The van der Waals surface area contributed by atoms with Gasteiger partial charge in [-0.1, -0.05) is 42.5 Å². The Morgan fingerprint density at radius 1 is 0.933 bits per heavy atom. The number of aliphatic hydroxyl groups is 1. The molecule has 3 aromatic rings. The van der Waals surface area contributed by atoms with E-state index in [4.69, 9.17) is 0 Å². The number of hydrogen-bond donors (Lipinski definition) is 1. The Bertz CT molecular complexity index is 1270. The van der Waals surface area contributed by atoms with E-state index in [1.165, 1.54) is 36.7 Å². The van der Waals surface area contributed by atoms with Gasteiger partial charge in [-0.15, -0.1) is 0 Å².